The maximum atomic E-state index is 13.0. The summed E-state index contributed by atoms with van der Waals surface area (Å²) in [6.07, 6.45) is 1.33. The predicted molar refractivity (Wildman–Crippen MR) is 114 cm³/mol. The monoisotopic (exact) mass is 416 g/mol. The number of sulfonamides is 1. The number of rotatable bonds is 6. The first-order chi connectivity index (χ1) is 13.8. The molecule has 0 aliphatic carbocycles. The van der Waals surface area contributed by atoms with Crippen molar-refractivity contribution in [3.8, 4) is 5.75 Å². The van der Waals surface area contributed by atoms with Crippen LogP contribution in [-0.2, 0) is 14.8 Å². The molecular formula is C22H28N2O4S. The van der Waals surface area contributed by atoms with Crippen molar-refractivity contribution < 1.29 is 17.9 Å². The number of nitrogens with one attached hydrogen (secondary N) is 1. The molecule has 0 spiro atoms. The Bertz CT molecular complexity index is 951. The quantitative estimate of drug-likeness (QED) is 0.778. The van der Waals surface area contributed by atoms with Crippen molar-refractivity contribution in [3.05, 3.63) is 53.6 Å². The first-order valence-electron chi connectivity index (χ1n) is 9.93. The molecule has 156 valence electrons. The number of carbonyl (C=O) groups excluding carboxylic acids is 1. The first-order valence-corrected chi connectivity index (χ1v) is 11.4. The summed E-state index contributed by atoms with van der Waals surface area (Å²) >= 11 is 0. The smallest absolute Gasteiger partial charge is 0.243 e. The van der Waals surface area contributed by atoms with E-state index in [4.69, 9.17) is 4.74 Å². The van der Waals surface area contributed by atoms with Crippen molar-refractivity contribution in [1.82, 2.24) is 4.31 Å². The minimum absolute atomic E-state index is 0.131. The number of amides is 1. The van der Waals surface area contributed by atoms with Gasteiger partial charge in [-0.2, -0.15) is 4.31 Å². The van der Waals surface area contributed by atoms with Crippen LogP contribution in [0.4, 0.5) is 5.69 Å². The molecule has 0 aromatic heterocycles. The van der Waals surface area contributed by atoms with Crippen molar-refractivity contribution >= 4 is 21.6 Å². The molecule has 1 saturated heterocycles. The number of nitrogens with zero attached hydrogens (tertiary/aromatic N) is 1. The standard InChI is InChI=1S/C22H28N2O4S/c1-4-28-19-10-12-20(13-11-19)29(26,27)24-14-6-9-18(15-24)22(25)23-21-16(2)7-5-8-17(21)3/h5,7-8,10-13,18H,4,6,9,14-15H2,1-3H3,(H,23,25)/t18-/m1/s1. The highest BCUT2D eigenvalue weighted by Crippen LogP contribution is 2.27. The zero-order chi connectivity index (χ0) is 21.0. The van der Waals surface area contributed by atoms with Crippen LogP contribution < -0.4 is 10.1 Å². The molecule has 2 aromatic carbocycles. The second kappa shape index (κ2) is 8.97. The highest BCUT2D eigenvalue weighted by Gasteiger charge is 2.33. The van der Waals surface area contributed by atoms with Gasteiger partial charge in [-0.05, 0) is 69.0 Å². The van der Waals surface area contributed by atoms with E-state index in [2.05, 4.69) is 5.32 Å². The minimum Gasteiger partial charge on any atom is -0.494 e. The largest absolute Gasteiger partial charge is 0.494 e. The summed E-state index contributed by atoms with van der Waals surface area (Å²) < 4.78 is 32.9. The fourth-order valence-electron chi connectivity index (χ4n) is 3.64. The number of anilines is 1. The fourth-order valence-corrected chi connectivity index (χ4v) is 5.16. The van der Waals surface area contributed by atoms with Crippen LogP contribution in [0.3, 0.4) is 0 Å². The molecule has 1 N–H and O–H groups in total. The summed E-state index contributed by atoms with van der Waals surface area (Å²) in [5, 5.41) is 3.00. The van der Waals surface area contributed by atoms with Crippen LogP contribution in [0.1, 0.15) is 30.9 Å². The third kappa shape index (κ3) is 4.79. The lowest BCUT2D eigenvalue weighted by Gasteiger charge is -2.31. The molecule has 1 atom stereocenters. The summed E-state index contributed by atoms with van der Waals surface area (Å²) in [6.45, 7) is 6.91. The van der Waals surface area contributed by atoms with Gasteiger partial charge in [0.1, 0.15) is 5.75 Å². The van der Waals surface area contributed by atoms with Crippen molar-refractivity contribution in [2.75, 3.05) is 25.0 Å². The lowest BCUT2D eigenvalue weighted by atomic mass is 9.98. The third-order valence-corrected chi connectivity index (χ3v) is 7.14. The maximum absolute atomic E-state index is 13.0. The van der Waals surface area contributed by atoms with E-state index in [1.165, 1.54) is 4.31 Å². The second-order valence-corrected chi connectivity index (χ2v) is 9.30. The first kappa shape index (κ1) is 21.3. The van der Waals surface area contributed by atoms with E-state index in [-0.39, 0.29) is 23.3 Å². The molecule has 0 bridgehead atoms. The van der Waals surface area contributed by atoms with E-state index >= 15 is 0 Å². The van der Waals surface area contributed by atoms with E-state index in [1.807, 2.05) is 39.0 Å². The Morgan fingerprint density at radius 3 is 2.41 bits per heavy atom. The van der Waals surface area contributed by atoms with Gasteiger partial charge in [0, 0.05) is 18.8 Å². The predicted octanol–water partition coefficient (Wildman–Crippen LogP) is 3.74. The maximum Gasteiger partial charge on any atom is 0.243 e. The van der Waals surface area contributed by atoms with Gasteiger partial charge in [-0.25, -0.2) is 8.42 Å². The molecule has 1 heterocycles. The molecule has 0 radical (unpaired) electrons. The van der Waals surface area contributed by atoms with Gasteiger partial charge >= 0.3 is 0 Å². The lowest BCUT2D eigenvalue weighted by Crippen LogP contribution is -2.43. The van der Waals surface area contributed by atoms with Gasteiger partial charge in [0.15, 0.2) is 0 Å². The zero-order valence-corrected chi connectivity index (χ0v) is 18.0. The number of ether oxygens (including phenoxy) is 1. The molecule has 1 fully saturated rings. The molecule has 0 unspecified atom stereocenters. The second-order valence-electron chi connectivity index (χ2n) is 7.36. The number of piperidine rings is 1. The summed E-state index contributed by atoms with van der Waals surface area (Å²) in [6, 6.07) is 12.3. The molecule has 1 amide bonds. The molecule has 6 nitrogen and oxygen atoms in total. The van der Waals surface area contributed by atoms with E-state index in [1.54, 1.807) is 24.3 Å². The Hall–Kier alpha value is -2.38. The van der Waals surface area contributed by atoms with Crippen LogP contribution in [0, 0.1) is 19.8 Å². The van der Waals surface area contributed by atoms with Crippen molar-refractivity contribution in [1.29, 1.82) is 0 Å². The summed E-state index contributed by atoms with van der Waals surface area (Å²) in [4.78, 5) is 13.1. The number of aryl methyl sites for hydroxylation is 2. The SMILES string of the molecule is CCOc1ccc(S(=O)(=O)N2CCC[C@@H](C(=O)Nc3c(C)cccc3C)C2)cc1. The lowest BCUT2D eigenvalue weighted by molar-refractivity contribution is -0.120. The molecule has 3 rings (SSSR count). The average molecular weight is 417 g/mol. The Morgan fingerprint density at radius 1 is 1.14 bits per heavy atom. The van der Waals surface area contributed by atoms with Crippen molar-refractivity contribution in [2.45, 2.75) is 38.5 Å². The molecule has 1 aliphatic rings. The molecule has 0 saturated carbocycles. The van der Waals surface area contributed by atoms with E-state index < -0.39 is 10.0 Å². The summed E-state index contributed by atoms with van der Waals surface area (Å²) in [7, 11) is -3.65. The molecule has 29 heavy (non-hydrogen) atoms. The van der Waals surface area contributed by atoms with Crippen LogP contribution in [-0.4, -0.2) is 38.3 Å². The van der Waals surface area contributed by atoms with Crippen molar-refractivity contribution in [2.24, 2.45) is 5.92 Å². The summed E-state index contributed by atoms with van der Waals surface area (Å²) in [5.74, 6) is 0.130. The van der Waals surface area contributed by atoms with E-state index in [0.29, 0.717) is 31.7 Å². The highest BCUT2D eigenvalue weighted by atomic mass is 32.2. The molecule has 2 aromatic rings. The number of carbonyl (C=O) groups is 1. The summed E-state index contributed by atoms with van der Waals surface area (Å²) in [5.41, 5.74) is 2.80. The Balaban J connectivity index is 1.73. The van der Waals surface area contributed by atoms with E-state index in [0.717, 1.165) is 16.8 Å². The van der Waals surface area contributed by atoms with Gasteiger partial charge in [-0.15, -0.1) is 0 Å². The van der Waals surface area contributed by atoms with Crippen LogP contribution in [0.25, 0.3) is 0 Å². The van der Waals surface area contributed by atoms with Gasteiger partial charge in [0.2, 0.25) is 15.9 Å². The average Bonchev–Trinajstić information content (AvgIpc) is 2.71. The van der Waals surface area contributed by atoms with Crippen LogP contribution in [0.15, 0.2) is 47.4 Å². The van der Waals surface area contributed by atoms with Crippen LogP contribution in [0.5, 0.6) is 5.75 Å². The highest BCUT2D eigenvalue weighted by molar-refractivity contribution is 7.89. The topological polar surface area (TPSA) is 75.7 Å². The number of hydrogen-bond donors (Lipinski definition) is 1. The van der Waals surface area contributed by atoms with Gasteiger partial charge in [-0.3, -0.25) is 4.79 Å². The number of para-hydroxylation sites is 1. The van der Waals surface area contributed by atoms with Gasteiger partial charge in [0.25, 0.3) is 0 Å². The minimum atomic E-state index is -3.65. The Labute approximate surface area is 172 Å². The van der Waals surface area contributed by atoms with Gasteiger partial charge < -0.3 is 10.1 Å². The molecule has 7 heteroatoms. The Morgan fingerprint density at radius 2 is 1.79 bits per heavy atom. The van der Waals surface area contributed by atoms with E-state index in [9.17, 15) is 13.2 Å². The van der Waals surface area contributed by atoms with Crippen molar-refractivity contribution in [3.63, 3.8) is 0 Å². The normalized spacial score (nSPS) is 17.7. The Kier molecular flexibility index (Phi) is 6.59. The molecule has 1 aliphatic heterocycles. The third-order valence-electron chi connectivity index (χ3n) is 5.26. The fraction of sp³-hybridized carbons (Fsp3) is 0.409. The van der Waals surface area contributed by atoms with Gasteiger partial charge in [0.05, 0.1) is 17.4 Å². The number of benzene rings is 2. The van der Waals surface area contributed by atoms with Crippen LogP contribution >= 0.6 is 0 Å². The number of hydrogen-bond acceptors (Lipinski definition) is 4. The zero-order valence-electron chi connectivity index (χ0n) is 17.1. The van der Waals surface area contributed by atoms with Crippen LogP contribution in [0.2, 0.25) is 0 Å². The molecular weight excluding hydrogens is 388 g/mol. The van der Waals surface area contributed by atoms with Gasteiger partial charge in [-0.1, -0.05) is 18.2 Å².